The highest BCUT2D eigenvalue weighted by atomic mass is 16.6. The van der Waals surface area contributed by atoms with Gasteiger partial charge in [-0.15, -0.1) is 0 Å². The van der Waals surface area contributed by atoms with Crippen LogP contribution in [0.3, 0.4) is 0 Å². The number of phenolic OH excluding ortho intramolecular Hbond substituents is 1. The molecule has 50 heavy (non-hydrogen) atoms. The van der Waals surface area contributed by atoms with Gasteiger partial charge in [0.2, 0.25) is 0 Å². The van der Waals surface area contributed by atoms with Crippen molar-refractivity contribution in [1.29, 1.82) is 0 Å². The van der Waals surface area contributed by atoms with Crippen LogP contribution in [0.1, 0.15) is 140 Å². The molecule has 3 aromatic rings. The Morgan fingerprint density at radius 3 is 2.02 bits per heavy atom. The summed E-state index contributed by atoms with van der Waals surface area (Å²) in [5.41, 5.74) is 5.44. The number of ether oxygens (including phenoxy) is 3. The van der Waals surface area contributed by atoms with Crippen LogP contribution in [-0.4, -0.2) is 17.0 Å². The van der Waals surface area contributed by atoms with Crippen molar-refractivity contribution in [1.82, 2.24) is 0 Å². The van der Waals surface area contributed by atoms with Crippen LogP contribution < -0.4 is 14.2 Å². The molecule has 0 aliphatic carbocycles. The molecular weight excluding hydrogens is 624 g/mol. The molecule has 1 aliphatic heterocycles. The Balaban J connectivity index is 1.63. The number of phenols is 1. The summed E-state index contributed by atoms with van der Waals surface area (Å²) >= 11 is 0. The number of aromatic hydroxyl groups is 1. The van der Waals surface area contributed by atoms with Crippen molar-refractivity contribution in [3.8, 4) is 34.1 Å². The minimum atomic E-state index is -1.12. The summed E-state index contributed by atoms with van der Waals surface area (Å²) in [5.74, 6) is 0.135. The van der Waals surface area contributed by atoms with Gasteiger partial charge in [0, 0.05) is 11.1 Å². The number of unbranched alkanes of at least 4 members (excludes halogenated alkanes) is 4. The van der Waals surface area contributed by atoms with E-state index in [0.717, 1.165) is 98.4 Å². The van der Waals surface area contributed by atoms with Gasteiger partial charge in [-0.1, -0.05) is 103 Å². The fourth-order valence-corrected chi connectivity index (χ4v) is 6.96. The van der Waals surface area contributed by atoms with E-state index in [-0.39, 0.29) is 17.2 Å². The van der Waals surface area contributed by atoms with Gasteiger partial charge in [-0.25, -0.2) is 9.59 Å². The first kappa shape index (κ1) is 39.0. The summed E-state index contributed by atoms with van der Waals surface area (Å²) in [6.45, 7) is 17.1. The Morgan fingerprint density at radius 2 is 1.38 bits per heavy atom. The second-order valence-corrected chi connectivity index (χ2v) is 15.4. The molecule has 6 heteroatoms. The van der Waals surface area contributed by atoms with E-state index in [2.05, 4.69) is 46.8 Å². The number of hydrogen-bond acceptors (Lipinski definition) is 6. The average molecular weight is 685 g/mol. The molecule has 3 aromatic carbocycles. The zero-order valence-corrected chi connectivity index (χ0v) is 31.9. The normalized spacial score (nSPS) is 13.7. The third-order valence-corrected chi connectivity index (χ3v) is 9.90. The molecule has 0 aromatic heterocycles. The van der Waals surface area contributed by atoms with Gasteiger partial charge in [0.15, 0.2) is 0 Å². The highest BCUT2D eigenvalue weighted by Gasteiger charge is 2.36. The maximum Gasteiger partial charge on any atom is 0.423 e. The molecule has 0 spiro atoms. The second-order valence-electron chi connectivity index (χ2n) is 15.4. The number of carbonyl (C=O) groups excluding carboxylic acids is 2. The van der Waals surface area contributed by atoms with Gasteiger partial charge >= 0.3 is 11.9 Å². The van der Waals surface area contributed by atoms with Gasteiger partial charge in [0.25, 0.3) is 0 Å². The SMILES string of the molecule is CCCCCc1cc(O)c(CC[C@H](C)CCCC(C)C)c(OC(=O)C(=O)Oc2cc(CCCCC)cc3c2-c2cc(C)ccc2C(C)(C)O3)c1. The summed E-state index contributed by atoms with van der Waals surface area (Å²) in [4.78, 5) is 27.2. The number of benzene rings is 3. The molecule has 0 saturated heterocycles. The summed E-state index contributed by atoms with van der Waals surface area (Å²) in [5, 5.41) is 11.2. The third-order valence-electron chi connectivity index (χ3n) is 9.90. The standard InChI is InChI=1S/C44H60O6/c1-9-11-13-18-32-25-37(45)34(22-20-30(5)17-15-16-29(3)4)38(26-32)48-42(46)43(47)49-39-27-33(19-14-12-10-2)28-40-41(39)35-24-31(6)21-23-36(35)44(7,8)50-40/h21,23-30,45H,9-20,22H2,1-8H3/t30-/m1/s1. The molecule has 1 heterocycles. The van der Waals surface area contributed by atoms with Crippen molar-refractivity contribution in [2.24, 2.45) is 11.8 Å². The maximum atomic E-state index is 13.6. The van der Waals surface area contributed by atoms with Crippen molar-refractivity contribution in [3.63, 3.8) is 0 Å². The van der Waals surface area contributed by atoms with Crippen LogP contribution in [0.5, 0.6) is 23.0 Å². The van der Waals surface area contributed by atoms with Crippen molar-refractivity contribution >= 4 is 11.9 Å². The number of carbonyl (C=O) groups is 2. The zero-order chi connectivity index (χ0) is 36.4. The lowest BCUT2D eigenvalue weighted by molar-refractivity contribution is -0.156. The zero-order valence-electron chi connectivity index (χ0n) is 31.9. The molecule has 1 N–H and O–H groups in total. The first-order valence-electron chi connectivity index (χ1n) is 19.1. The van der Waals surface area contributed by atoms with Crippen LogP contribution in [-0.2, 0) is 34.5 Å². The fourth-order valence-electron chi connectivity index (χ4n) is 6.96. The third kappa shape index (κ3) is 10.4. The van der Waals surface area contributed by atoms with E-state index in [1.54, 1.807) is 6.07 Å². The quantitative estimate of drug-likeness (QED) is 0.0659. The number of esters is 2. The molecule has 0 amide bonds. The minimum Gasteiger partial charge on any atom is -0.508 e. The van der Waals surface area contributed by atoms with E-state index in [1.807, 2.05) is 45.0 Å². The number of aryl methyl sites for hydroxylation is 3. The molecular formula is C44H60O6. The highest BCUT2D eigenvalue weighted by molar-refractivity contribution is 6.31. The van der Waals surface area contributed by atoms with E-state index in [1.165, 1.54) is 6.42 Å². The summed E-state index contributed by atoms with van der Waals surface area (Å²) in [6.07, 6.45) is 12.6. The van der Waals surface area contributed by atoms with Crippen LogP contribution in [0.2, 0.25) is 0 Å². The molecule has 0 fully saturated rings. The highest BCUT2D eigenvalue weighted by Crippen LogP contribution is 2.50. The van der Waals surface area contributed by atoms with Crippen molar-refractivity contribution in [3.05, 3.63) is 70.3 Å². The Morgan fingerprint density at radius 1 is 0.760 bits per heavy atom. The molecule has 4 rings (SSSR count). The van der Waals surface area contributed by atoms with E-state index in [0.29, 0.717) is 35.1 Å². The average Bonchev–Trinajstić information content (AvgIpc) is 3.03. The Bertz CT molecular complexity index is 1620. The van der Waals surface area contributed by atoms with Crippen LogP contribution >= 0.6 is 0 Å². The Kier molecular flexibility index (Phi) is 14.0. The van der Waals surface area contributed by atoms with E-state index in [4.69, 9.17) is 14.2 Å². The van der Waals surface area contributed by atoms with Crippen LogP contribution in [0, 0.1) is 18.8 Å². The molecule has 272 valence electrons. The fraction of sp³-hybridized carbons (Fsp3) is 0.545. The molecule has 6 nitrogen and oxygen atoms in total. The Labute approximate surface area is 300 Å². The number of rotatable bonds is 17. The van der Waals surface area contributed by atoms with Crippen molar-refractivity contribution < 1.29 is 28.9 Å². The van der Waals surface area contributed by atoms with Crippen LogP contribution in [0.15, 0.2) is 42.5 Å². The van der Waals surface area contributed by atoms with E-state index >= 15 is 0 Å². The smallest absolute Gasteiger partial charge is 0.423 e. The molecule has 0 bridgehead atoms. The molecule has 0 radical (unpaired) electrons. The van der Waals surface area contributed by atoms with E-state index in [9.17, 15) is 14.7 Å². The molecule has 0 saturated carbocycles. The molecule has 1 atom stereocenters. The van der Waals surface area contributed by atoms with Crippen molar-refractivity contribution in [2.75, 3.05) is 0 Å². The van der Waals surface area contributed by atoms with Crippen LogP contribution in [0.4, 0.5) is 0 Å². The van der Waals surface area contributed by atoms with Gasteiger partial charge in [-0.3, -0.25) is 0 Å². The van der Waals surface area contributed by atoms with E-state index < -0.39 is 17.5 Å². The first-order chi connectivity index (χ1) is 23.8. The lowest BCUT2D eigenvalue weighted by Crippen LogP contribution is -2.30. The lowest BCUT2D eigenvalue weighted by Gasteiger charge is -2.36. The Hall–Kier alpha value is -3.80. The summed E-state index contributed by atoms with van der Waals surface area (Å²) in [7, 11) is 0. The van der Waals surface area contributed by atoms with Crippen molar-refractivity contribution in [2.45, 2.75) is 144 Å². The van der Waals surface area contributed by atoms with Crippen LogP contribution in [0.25, 0.3) is 11.1 Å². The van der Waals surface area contributed by atoms with Gasteiger partial charge in [0.05, 0.1) is 5.56 Å². The summed E-state index contributed by atoms with van der Waals surface area (Å²) in [6, 6.07) is 13.7. The van der Waals surface area contributed by atoms with Gasteiger partial charge < -0.3 is 19.3 Å². The molecule has 1 aliphatic rings. The monoisotopic (exact) mass is 684 g/mol. The predicted octanol–water partition coefficient (Wildman–Crippen LogP) is 11.4. The van der Waals surface area contributed by atoms with Gasteiger partial charge in [-0.2, -0.15) is 0 Å². The largest absolute Gasteiger partial charge is 0.508 e. The van der Waals surface area contributed by atoms with Gasteiger partial charge in [0.1, 0.15) is 28.6 Å². The first-order valence-corrected chi connectivity index (χ1v) is 19.1. The minimum absolute atomic E-state index is 0.102. The second kappa shape index (κ2) is 17.9. The predicted molar refractivity (Wildman–Crippen MR) is 202 cm³/mol. The van der Waals surface area contributed by atoms with Gasteiger partial charge in [-0.05, 0) is 112 Å². The lowest BCUT2D eigenvalue weighted by atomic mass is 9.84. The number of fused-ring (bicyclic) bond motifs is 3. The topological polar surface area (TPSA) is 82.1 Å². The maximum absolute atomic E-state index is 13.6. The number of hydrogen-bond donors (Lipinski definition) is 1. The molecule has 0 unspecified atom stereocenters. The summed E-state index contributed by atoms with van der Waals surface area (Å²) < 4.78 is 18.3.